The molecule has 0 aliphatic carbocycles. The third kappa shape index (κ3) is 4.71. The summed E-state index contributed by atoms with van der Waals surface area (Å²) >= 11 is 13.1. The normalized spacial score (nSPS) is 10.3. The second kappa shape index (κ2) is 7.53. The first-order chi connectivity index (χ1) is 9.65. The van der Waals surface area contributed by atoms with Gasteiger partial charge < -0.3 is 4.74 Å². The molecular weight excluding hydrogens is 317 g/mol. The molecule has 6 heteroatoms. The summed E-state index contributed by atoms with van der Waals surface area (Å²) in [6.07, 6.45) is 1.59. The fraction of sp³-hybridized carbons (Fsp3) is 0.143. The SMILES string of the molecule is O=C(OCCSc1ccc(Cl)cn1)c1cccc(Cl)c1. The molecule has 2 rings (SSSR count). The molecule has 20 heavy (non-hydrogen) atoms. The molecule has 1 aromatic heterocycles. The van der Waals surface area contributed by atoms with Crippen molar-refractivity contribution in [3.8, 4) is 0 Å². The van der Waals surface area contributed by atoms with Crippen LogP contribution >= 0.6 is 35.0 Å². The van der Waals surface area contributed by atoms with Crippen molar-refractivity contribution in [2.45, 2.75) is 5.03 Å². The molecule has 0 unspecified atom stereocenters. The minimum Gasteiger partial charge on any atom is -0.461 e. The molecule has 0 saturated heterocycles. The van der Waals surface area contributed by atoms with E-state index >= 15 is 0 Å². The molecule has 3 nitrogen and oxygen atoms in total. The molecule has 1 heterocycles. The standard InChI is InChI=1S/C14H11Cl2NO2S/c15-11-3-1-2-10(8-11)14(18)19-6-7-20-13-5-4-12(16)9-17-13/h1-5,8-9H,6-7H2. The van der Waals surface area contributed by atoms with E-state index in [1.165, 1.54) is 11.8 Å². The number of carbonyl (C=O) groups is 1. The summed E-state index contributed by atoms with van der Waals surface area (Å²) in [6, 6.07) is 10.3. The molecule has 0 bridgehead atoms. The second-order valence-corrected chi connectivity index (χ2v) is 5.80. The minimum atomic E-state index is -0.378. The van der Waals surface area contributed by atoms with Gasteiger partial charge in [0.15, 0.2) is 0 Å². The zero-order valence-corrected chi connectivity index (χ0v) is 12.7. The summed E-state index contributed by atoms with van der Waals surface area (Å²) in [5.41, 5.74) is 0.451. The molecule has 0 aliphatic rings. The predicted octanol–water partition coefficient (Wildman–Crippen LogP) is 4.34. The van der Waals surface area contributed by atoms with E-state index in [2.05, 4.69) is 4.98 Å². The molecule has 0 aliphatic heterocycles. The maximum atomic E-state index is 11.7. The van der Waals surface area contributed by atoms with E-state index in [9.17, 15) is 4.79 Å². The topological polar surface area (TPSA) is 39.2 Å². The van der Waals surface area contributed by atoms with Crippen molar-refractivity contribution in [3.05, 3.63) is 58.2 Å². The predicted molar refractivity (Wildman–Crippen MR) is 81.7 cm³/mol. The first-order valence-electron chi connectivity index (χ1n) is 5.82. The van der Waals surface area contributed by atoms with E-state index in [0.29, 0.717) is 28.0 Å². The number of halogens is 2. The third-order valence-electron chi connectivity index (χ3n) is 2.33. The monoisotopic (exact) mass is 327 g/mol. The van der Waals surface area contributed by atoms with E-state index in [-0.39, 0.29) is 5.97 Å². The van der Waals surface area contributed by atoms with Crippen molar-refractivity contribution in [1.82, 2.24) is 4.98 Å². The number of thioether (sulfide) groups is 1. The smallest absolute Gasteiger partial charge is 0.338 e. The molecule has 0 spiro atoms. The first-order valence-corrected chi connectivity index (χ1v) is 7.56. The van der Waals surface area contributed by atoms with Crippen molar-refractivity contribution in [1.29, 1.82) is 0 Å². The fourth-order valence-corrected chi connectivity index (χ4v) is 2.40. The number of benzene rings is 1. The van der Waals surface area contributed by atoms with Gasteiger partial charge in [-0.2, -0.15) is 0 Å². The van der Waals surface area contributed by atoms with E-state index in [1.54, 1.807) is 36.5 Å². The number of rotatable bonds is 5. The number of hydrogen-bond acceptors (Lipinski definition) is 4. The molecule has 104 valence electrons. The Bertz CT molecular complexity index is 590. The van der Waals surface area contributed by atoms with Crippen LogP contribution < -0.4 is 0 Å². The number of hydrogen-bond donors (Lipinski definition) is 0. The summed E-state index contributed by atoms with van der Waals surface area (Å²) in [5.74, 6) is 0.248. The van der Waals surface area contributed by atoms with Crippen LogP contribution in [0.5, 0.6) is 0 Å². The molecule has 1 aromatic carbocycles. The Morgan fingerprint density at radius 2 is 2.05 bits per heavy atom. The number of nitrogens with zero attached hydrogens (tertiary/aromatic N) is 1. The highest BCUT2D eigenvalue weighted by atomic mass is 35.5. The number of esters is 1. The highest BCUT2D eigenvalue weighted by Crippen LogP contribution is 2.17. The summed E-state index contributed by atoms with van der Waals surface area (Å²) < 4.78 is 5.16. The molecule has 0 fully saturated rings. The van der Waals surface area contributed by atoms with Crippen LogP contribution in [0, 0.1) is 0 Å². The molecule has 2 aromatic rings. The van der Waals surface area contributed by atoms with Gasteiger partial charge >= 0.3 is 5.97 Å². The van der Waals surface area contributed by atoms with Crippen molar-refractivity contribution in [3.63, 3.8) is 0 Å². The van der Waals surface area contributed by atoms with Gasteiger partial charge in [0.05, 0.1) is 15.6 Å². The lowest BCUT2D eigenvalue weighted by Gasteiger charge is -2.05. The Hall–Kier alpha value is -1.23. The van der Waals surface area contributed by atoms with Gasteiger partial charge in [-0.15, -0.1) is 11.8 Å². The lowest BCUT2D eigenvalue weighted by molar-refractivity contribution is 0.0530. The van der Waals surface area contributed by atoms with Gasteiger partial charge in [-0.05, 0) is 30.3 Å². The number of pyridine rings is 1. The molecule has 0 saturated carbocycles. The Kier molecular flexibility index (Phi) is 5.71. The maximum Gasteiger partial charge on any atom is 0.338 e. The van der Waals surface area contributed by atoms with E-state index in [4.69, 9.17) is 27.9 Å². The number of carbonyl (C=O) groups excluding carboxylic acids is 1. The highest BCUT2D eigenvalue weighted by molar-refractivity contribution is 7.99. The lowest BCUT2D eigenvalue weighted by atomic mass is 10.2. The van der Waals surface area contributed by atoms with Gasteiger partial charge in [-0.25, -0.2) is 9.78 Å². The molecule has 0 N–H and O–H groups in total. The maximum absolute atomic E-state index is 11.7. The Morgan fingerprint density at radius 3 is 2.75 bits per heavy atom. The summed E-state index contributed by atoms with van der Waals surface area (Å²) in [7, 11) is 0. The van der Waals surface area contributed by atoms with Crippen molar-refractivity contribution in [2.24, 2.45) is 0 Å². The average Bonchev–Trinajstić information content (AvgIpc) is 2.45. The van der Waals surface area contributed by atoms with Crippen LogP contribution in [0.25, 0.3) is 0 Å². The first kappa shape index (κ1) is 15.2. The largest absolute Gasteiger partial charge is 0.461 e. The van der Waals surface area contributed by atoms with E-state index in [0.717, 1.165) is 5.03 Å². The van der Waals surface area contributed by atoms with Gasteiger partial charge in [0.1, 0.15) is 6.61 Å². The second-order valence-electron chi connectivity index (χ2n) is 3.81. The molecule has 0 radical (unpaired) electrons. The van der Waals surface area contributed by atoms with E-state index < -0.39 is 0 Å². The van der Waals surface area contributed by atoms with Crippen LogP contribution in [0.15, 0.2) is 47.6 Å². The van der Waals surface area contributed by atoms with Crippen molar-refractivity contribution < 1.29 is 9.53 Å². The zero-order valence-electron chi connectivity index (χ0n) is 10.4. The van der Waals surface area contributed by atoms with Crippen LogP contribution in [-0.2, 0) is 4.74 Å². The quantitative estimate of drug-likeness (QED) is 0.465. The molecule has 0 atom stereocenters. The number of aromatic nitrogens is 1. The summed E-state index contributed by atoms with van der Waals surface area (Å²) in [5, 5.41) is 1.95. The van der Waals surface area contributed by atoms with Crippen LogP contribution in [0.1, 0.15) is 10.4 Å². The minimum absolute atomic E-state index is 0.306. The van der Waals surface area contributed by atoms with Crippen LogP contribution in [0.4, 0.5) is 0 Å². The lowest BCUT2D eigenvalue weighted by Crippen LogP contribution is -2.07. The Labute approximate surface area is 131 Å². The van der Waals surface area contributed by atoms with Crippen molar-refractivity contribution >= 4 is 40.9 Å². The van der Waals surface area contributed by atoms with Crippen molar-refractivity contribution in [2.75, 3.05) is 12.4 Å². The molecular formula is C14H11Cl2NO2S. The fourth-order valence-electron chi connectivity index (χ4n) is 1.43. The Morgan fingerprint density at radius 1 is 1.20 bits per heavy atom. The molecule has 0 amide bonds. The van der Waals surface area contributed by atoms with E-state index in [1.807, 2.05) is 6.07 Å². The van der Waals surface area contributed by atoms with Crippen LogP contribution in [0.3, 0.4) is 0 Å². The number of ether oxygens (including phenoxy) is 1. The van der Waals surface area contributed by atoms with Crippen LogP contribution in [-0.4, -0.2) is 23.3 Å². The highest BCUT2D eigenvalue weighted by Gasteiger charge is 2.07. The Balaban J connectivity index is 1.76. The van der Waals surface area contributed by atoms with Gasteiger partial charge in [0.25, 0.3) is 0 Å². The summed E-state index contributed by atoms with van der Waals surface area (Å²) in [4.78, 5) is 15.9. The van der Waals surface area contributed by atoms with Gasteiger partial charge in [-0.1, -0.05) is 29.3 Å². The summed E-state index contributed by atoms with van der Waals surface area (Å²) in [6.45, 7) is 0.306. The van der Waals surface area contributed by atoms with Gasteiger partial charge in [-0.3, -0.25) is 0 Å². The van der Waals surface area contributed by atoms with Gasteiger partial charge in [0.2, 0.25) is 0 Å². The average molecular weight is 328 g/mol. The zero-order chi connectivity index (χ0) is 14.4. The van der Waals surface area contributed by atoms with Gasteiger partial charge in [0, 0.05) is 17.0 Å². The third-order valence-corrected chi connectivity index (χ3v) is 3.69. The van der Waals surface area contributed by atoms with Crippen LogP contribution in [0.2, 0.25) is 10.0 Å².